The van der Waals surface area contributed by atoms with Gasteiger partial charge in [-0.3, -0.25) is 0 Å². The Morgan fingerprint density at radius 3 is 1.48 bits per heavy atom. The molecule has 11 heteroatoms. The summed E-state index contributed by atoms with van der Waals surface area (Å²) >= 11 is 6.04. The fraction of sp³-hybridized carbons (Fsp3) is 0. The first-order valence-electron chi connectivity index (χ1n) is 5.91. The van der Waals surface area contributed by atoms with E-state index < -0.39 is 0 Å². The molecule has 1 radical (unpaired) electrons. The van der Waals surface area contributed by atoms with Crippen LogP contribution in [0.4, 0.5) is 10.3 Å². The van der Waals surface area contributed by atoms with E-state index in [1.165, 1.54) is 45.3 Å². The van der Waals surface area contributed by atoms with Gasteiger partial charge in [-0.05, 0) is 20.4 Å². The van der Waals surface area contributed by atoms with Gasteiger partial charge >= 0.3 is 17.1 Å². The first-order chi connectivity index (χ1) is 10.9. The molecule has 4 heterocycles. The largest absolute Gasteiger partial charge is 2.00 e. The van der Waals surface area contributed by atoms with Crippen LogP contribution < -0.4 is 19.6 Å². The zero-order valence-electron chi connectivity index (χ0n) is 11.2. The molecular formula is C12H8CuN6S4. The van der Waals surface area contributed by atoms with E-state index in [0.717, 1.165) is 19.9 Å². The van der Waals surface area contributed by atoms with Gasteiger partial charge in [-0.25, -0.2) is 9.97 Å². The Labute approximate surface area is 157 Å². The standard InChI is InChI=1S/2C6H4N3S2.Cu/c2*1-3-10-5(7-1)9-6-8-2-4-11-6;/h2*1-4H;/q2*-1;+2. The molecule has 0 aromatic carbocycles. The number of nitrogens with zero attached hydrogens (tertiary/aromatic N) is 6. The van der Waals surface area contributed by atoms with E-state index in [-0.39, 0.29) is 17.1 Å². The normalized spacial score (nSPS) is 11.7. The second-order valence-electron chi connectivity index (χ2n) is 3.48. The summed E-state index contributed by atoms with van der Waals surface area (Å²) in [6, 6.07) is 0. The maximum atomic E-state index is 4.18. The maximum absolute atomic E-state index is 4.18. The van der Waals surface area contributed by atoms with Crippen LogP contribution in [0, 0.1) is 0 Å². The van der Waals surface area contributed by atoms with Crippen molar-refractivity contribution in [1.82, 2.24) is 19.9 Å². The molecule has 4 rings (SSSR count). The molecule has 0 saturated heterocycles. The van der Waals surface area contributed by atoms with Gasteiger partial charge in [-0.15, -0.1) is 22.7 Å². The van der Waals surface area contributed by atoms with E-state index in [1.54, 1.807) is 24.8 Å². The minimum Gasteiger partial charge on any atom is -0.433 e. The van der Waals surface area contributed by atoms with Gasteiger partial charge in [-0.1, -0.05) is 12.4 Å². The molecule has 0 unspecified atom stereocenters. The van der Waals surface area contributed by atoms with Crippen LogP contribution in [-0.4, -0.2) is 9.97 Å². The van der Waals surface area contributed by atoms with Gasteiger partial charge in [0.05, 0.1) is 0 Å². The van der Waals surface area contributed by atoms with Crippen LogP contribution in [-0.2, 0) is 17.1 Å². The van der Waals surface area contributed by atoms with Gasteiger partial charge in [0.2, 0.25) is 0 Å². The third-order valence-corrected chi connectivity index (χ3v) is 4.72. The van der Waals surface area contributed by atoms with Crippen molar-refractivity contribution in [2.24, 2.45) is 9.98 Å². The van der Waals surface area contributed by atoms with Crippen LogP contribution in [0.2, 0.25) is 0 Å². The predicted molar refractivity (Wildman–Crippen MR) is 90.0 cm³/mol. The molecule has 23 heavy (non-hydrogen) atoms. The summed E-state index contributed by atoms with van der Waals surface area (Å²) in [5.74, 6) is 0. The average Bonchev–Trinajstić information content (AvgIpc) is 3.31. The third-order valence-electron chi connectivity index (χ3n) is 2.06. The monoisotopic (exact) mass is 427 g/mol. The molecule has 4 aromatic rings. The minimum atomic E-state index is 0. The van der Waals surface area contributed by atoms with E-state index in [1.807, 2.05) is 21.5 Å². The summed E-state index contributed by atoms with van der Waals surface area (Å²) in [5.41, 5.74) is 0. The van der Waals surface area contributed by atoms with Gasteiger partial charge in [0, 0.05) is 23.2 Å². The van der Waals surface area contributed by atoms with Crippen molar-refractivity contribution >= 4 is 55.6 Å². The van der Waals surface area contributed by atoms with E-state index in [0.29, 0.717) is 0 Å². The van der Waals surface area contributed by atoms with Crippen molar-refractivity contribution in [3.05, 3.63) is 55.9 Å². The Morgan fingerprint density at radius 2 is 1.17 bits per heavy atom. The molecule has 0 aliphatic carbocycles. The summed E-state index contributed by atoms with van der Waals surface area (Å²) < 4.78 is 0. The molecule has 0 aliphatic rings. The quantitative estimate of drug-likeness (QED) is 0.461. The first-order valence-corrected chi connectivity index (χ1v) is 9.43. The number of thiazole rings is 4. The molecule has 0 spiro atoms. The molecule has 0 saturated carbocycles. The van der Waals surface area contributed by atoms with Crippen LogP contribution in [0.15, 0.2) is 56.3 Å². The van der Waals surface area contributed by atoms with Crippen LogP contribution in [0.5, 0.6) is 0 Å². The SMILES string of the molecule is [Cu+2].c1csc(N=c2[n-]ccs2)n1.c1csc(N=c2[n-]ccs2)n1. The second-order valence-corrected chi connectivity index (χ2v) is 6.97. The fourth-order valence-corrected chi connectivity index (χ4v) is 3.38. The molecule has 0 bridgehead atoms. The number of hydrogen-bond acceptors (Lipinski definition) is 8. The molecule has 0 amide bonds. The van der Waals surface area contributed by atoms with Gasteiger partial charge in [0.1, 0.15) is 10.3 Å². The number of hydrogen-bond donors (Lipinski definition) is 0. The maximum Gasteiger partial charge on any atom is 2.00 e. The van der Waals surface area contributed by atoms with Crippen LogP contribution >= 0.6 is 45.3 Å². The molecule has 4 aromatic heterocycles. The molecule has 0 atom stereocenters. The van der Waals surface area contributed by atoms with E-state index in [2.05, 4.69) is 29.9 Å². The van der Waals surface area contributed by atoms with Crippen molar-refractivity contribution in [2.45, 2.75) is 0 Å². The zero-order chi connectivity index (χ0) is 15.0. The molecule has 121 valence electrons. The van der Waals surface area contributed by atoms with Crippen molar-refractivity contribution in [3.63, 3.8) is 0 Å². The van der Waals surface area contributed by atoms with Crippen LogP contribution in [0.25, 0.3) is 0 Å². The van der Waals surface area contributed by atoms with E-state index in [9.17, 15) is 0 Å². The molecule has 0 fully saturated rings. The van der Waals surface area contributed by atoms with Gasteiger partial charge in [0.25, 0.3) is 0 Å². The Bertz CT molecular complexity index is 790. The van der Waals surface area contributed by atoms with Gasteiger partial charge in [0.15, 0.2) is 0 Å². The van der Waals surface area contributed by atoms with Crippen LogP contribution in [0.1, 0.15) is 0 Å². The molecule has 6 nitrogen and oxygen atoms in total. The Hall–Kier alpha value is -1.36. The van der Waals surface area contributed by atoms with Crippen molar-refractivity contribution in [1.29, 1.82) is 0 Å². The zero-order valence-corrected chi connectivity index (χ0v) is 15.4. The van der Waals surface area contributed by atoms with Crippen LogP contribution in [0.3, 0.4) is 0 Å². The molecular weight excluding hydrogens is 420 g/mol. The topological polar surface area (TPSA) is 78.7 Å². The smallest absolute Gasteiger partial charge is 0.433 e. The Morgan fingerprint density at radius 1 is 0.696 bits per heavy atom. The fourth-order valence-electron chi connectivity index (χ4n) is 1.25. The van der Waals surface area contributed by atoms with E-state index >= 15 is 0 Å². The summed E-state index contributed by atoms with van der Waals surface area (Å²) in [6.07, 6.45) is 6.93. The molecule has 0 aliphatic heterocycles. The van der Waals surface area contributed by atoms with Gasteiger partial charge < -0.3 is 20.0 Å². The second kappa shape index (κ2) is 9.71. The van der Waals surface area contributed by atoms with Crippen molar-refractivity contribution in [2.75, 3.05) is 0 Å². The van der Waals surface area contributed by atoms with Gasteiger partial charge in [-0.2, -0.15) is 22.7 Å². The van der Waals surface area contributed by atoms with Crippen molar-refractivity contribution < 1.29 is 17.1 Å². The number of rotatable bonds is 2. The summed E-state index contributed by atoms with van der Waals surface area (Å²) in [6.45, 7) is 0. The predicted octanol–water partition coefficient (Wildman–Crippen LogP) is 2.79. The number of aromatic nitrogens is 4. The van der Waals surface area contributed by atoms with E-state index in [4.69, 9.17) is 0 Å². The average molecular weight is 428 g/mol. The third kappa shape index (κ3) is 5.98. The Kier molecular flexibility index (Phi) is 7.59. The summed E-state index contributed by atoms with van der Waals surface area (Å²) in [4.78, 5) is 25.9. The Balaban J connectivity index is 0.000000160. The first kappa shape index (κ1) is 18.0. The van der Waals surface area contributed by atoms with Crippen molar-refractivity contribution in [3.8, 4) is 0 Å². The summed E-state index contributed by atoms with van der Waals surface area (Å²) in [5, 5.41) is 9.11. The summed E-state index contributed by atoms with van der Waals surface area (Å²) in [7, 11) is 0. The molecule has 0 N–H and O–H groups in total. The minimum absolute atomic E-state index is 0.